The van der Waals surface area contributed by atoms with E-state index < -0.39 is 28.5 Å². The van der Waals surface area contributed by atoms with Crippen LogP contribution in [0.25, 0.3) is 0 Å². The lowest BCUT2D eigenvalue weighted by Gasteiger charge is -2.25. The molecule has 0 spiro atoms. The lowest BCUT2D eigenvalue weighted by molar-refractivity contribution is -1.10. The minimum Gasteiger partial charge on any atom is -0.178 e. The molecule has 0 saturated carbocycles. The van der Waals surface area contributed by atoms with Gasteiger partial charge in [-0.1, -0.05) is 39.9 Å². The first-order chi connectivity index (χ1) is 7.87. The molecule has 1 unspecified atom stereocenters. The van der Waals surface area contributed by atoms with Crippen molar-refractivity contribution in [3.05, 3.63) is 48.0 Å². The molecule has 17 heavy (non-hydrogen) atoms. The van der Waals surface area contributed by atoms with Crippen LogP contribution < -0.4 is 0 Å². The predicted molar refractivity (Wildman–Crippen MR) is 48.6 cm³/mol. The molecule has 0 bridgehead atoms. The lowest BCUT2D eigenvalue weighted by atomic mass is 10.2. The number of rotatable bonds is 2. The molecule has 0 amide bonds. The van der Waals surface area contributed by atoms with Crippen molar-refractivity contribution in [1.29, 1.82) is 0 Å². The maximum Gasteiger partial charge on any atom is 0.556 e. The molecular weight excluding hydrogens is 243 g/mol. The summed E-state index contributed by atoms with van der Waals surface area (Å²) in [4.78, 5) is 0. The highest BCUT2D eigenvalue weighted by atomic mass is 19.3. The summed E-state index contributed by atoms with van der Waals surface area (Å²) in [5, 5.41) is -1.50. The van der Waals surface area contributed by atoms with Crippen LogP contribution in [0.4, 0.5) is 22.1 Å². The minimum absolute atomic E-state index is 0.0903. The van der Waals surface area contributed by atoms with Crippen LogP contribution in [0.15, 0.2) is 42.5 Å². The van der Waals surface area contributed by atoms with E-state index >= 15 is 0 Å². The second-order valence-electron chi connectivity index (χ2n) is 3.66. The highest BCUT2D eigenvalue weighted by molar-refractivity contribution is 5.13. The fourth-order valence-corrected chi connectivity index (χ4v) is 1.56. The Hall–Kier alpha value is -1.63. The SMILES string of the molecule is FC1=C[N+](F)(Cc2ccccc2)C(F)(F)N1F. The molecule has 1 aromatic rings. The zero-order valence-electron chi connectivity index (χ0n) is 8.46. The summed E-state index contributed by atoms with van der Waals surface area (Å²) in [7, 11) is 0. The Morgan fingerprint density at radius 2 is 1.76 bits per heavy atom. The first-order valence-corrected chi connectivity index (χ1v) is 4.70. The largest absolute Gasteiger partial charge is 0.556 e. The Balaban J connectivity index is 2.31. The minimum atomic E-state index is -4.60. The molecule has 7 heteroatoms. The van der Waals surface area contributed by atoms with Crippen LogP contribution in [-0.2, 0) is 6.54 Å². The van der Waals surface area contributed by atoms with Crippen LogP contribution in [0.3, 0.4) is 0 Å². The average molecular weight is 251 g/mol. The molecular formula is C10H8F5N2+. The summed E-state index contributed by atoms with van der Waals surface area (Å²) in [6, 6.07) is 7.43. The van der Waals surface area contributed by atoms with Crippen molar-refractivity contribution in [2.24, 2.45) is 0 Å². The van der Waals surface area contributed by atoms with Gasteiger partial charge in [-0.25, -0.2) is 0 Å². The summed E-state index contributed by atoms with van der Waals surface area (Å²) in [6.07, 6.45) is -4.69. The van der Waals surface area contributed by atoms with Gasteiger partial charge in [0.1, 0.15) is 0 Å². The molecule has 1 aliphatic rings. The van der Waals surface area contributed by atoms with Gasteiger partial charge in [-0.2, -0.15) is 4.39 Å². The van der Waals surface area contributed by atoms with Gasteiger partial charge in [-0.05, 0) is 4.71 Å². The van der Waals surface area contributed by atoms with Crippen molar-refractivity contribution in [3.8, 4) is 0 Å². The number of halogens is 5. The number of alkyl halides is 2. The normalized spacial score (nSPS) is 27.1. The van der Waals surface area contributed by atoms with Gasteiger partial charge in [0.2, 0.25) is 0 Å². The molecule has 0 saturated heterocycles. The van der Waals surface area contributed by atoms with Crippen LogP contribution in [0.2, 0.25) is 0 Å². The summed E-state index contributed by atoms with van der Waals surface area (Å²) in [6.45, 7) is -0.859. The van der Waals surface area contributed by atoms with Crippen LogP contribution in [0.5, 0.6) is 0 Å². The average Bonchev–Trinajstić information content (AvgIpc) is 2.41. The van der Waals surface area contributed by atoms with E-state index in [1.54, 1.807) is 6.07 Å². The Morgan fingerprint density at radius 1 is 1.18 bits per heavy atom. The monoisotopic (exact) mass is 251 g/mol. The first-order valence-electron chi connectivity index (χ1n) is 4.70. The van der Waals surface area contributed by atoms with Crippen molar-refractivity contribution < 1.29 is 26.8 Å². The molecule has 0 fully saturated rings. The van der Waals surface area contributed by atoms with Crippen molar-refractivity contribution in [2.75, 3.05) is 0 Å². The number of benzene rings is 1. The second-order valence-corrected chi connectivity index (χ2v) is 3.66. The highest BCUT2D eigenvalue weighted by Crippen LogP contribution is 2.44. The predicted octanol–water partition coefficient (Wildman–Crippen LogP) is 3.41. The number of quaternary nitrogens is 1. The third-order valence-corrected chi connectivity index (χ3v) is 2.44. The quantitative estimate of drug-likeness (QED) is 0.442. The molecule has 0 radical (unpaired) electrons. The maximum absolute atomic E-state index is 13.9. The Bertz CT molecular complexity index is 447. The van der Waals surface area contributed by atoms with Gasteiger partial charge >= 0.3 is 6.17 Å². The van der Waals surface area contributed by atoms with Gasteiger partial charge in [-0.15, -0.1) is 8.78 Å². The number of hydrogen-bond donors (Lipinski definition) is 0. The van der Waals surface area contributed by atoms with E-state index in [4.69, 9.17) is 0 Å². The van der Waals surface area contributed by atoms with Crippen LogP contribution in [0.1, 0.15) is 5.56 Å². The molecule has 1 atom stereocenters. The molecule has 0 aliphatic carbocycles. The van der Waals surface area contributed by atoms with E-state index in [0.717, 1.165) is 0 Å². The molecule has 1 heterocycles. The third-order valence-electron chi connectivity index (χ3n) is 2.44. The fraction of sp³-hybridized carbons (Fsp3) is 0.200. The van der Waals surface area contributed by atoms with Gasteiger partial charge in [0.05, 0.1) is 0 Å². The van der Waals surface area contributed by atoms with Crippen molar-refractivity contribution in [3.63, 3.8) is 0 Å². The molecule has 1 aliphatic heterocycles. The van der Waals surface area contributed by atoms with Crippen LogP contribution in [0, 0.1) is 0 Å². The van der Waals surface area contributed by atoms with Gasteiger partial charge in [0.25, 0.3) is 5.95 Å². The lowest BCUT2D eigenvalue weighted by Crippen LogP contribution is -2.51. The van der Waals surface area contributed by atoms with E-state index in [9.17, 15) is 22.1 Å². The molecule has 1 aromatic carbocycles. The van der Waals surface area contributed by atoms with Crippen molar-refractivity contribution >= 4 is 0 Å². The Morgan fingerprint density at radius 3 is 2.24 bits per heavy atom. The molecule has 2 nitrogen and oxygen atoms in total. The topological polar surface area (TPSA) is 3.24 Å². The van der Waals surface area contributed by atoms with E-state index in [2.05, 4.69) is 0 Å². The van der Waals surface area contributed by atoms with Gasteiger partial charge in [0, 0.05) is 10.0 Å². The van der Waals surface area contributed by atoms with E-state index in [1.165, 1.54) is 24.3 Å². The van der Waals surface area contributed by atoms with Crippen molar-refractivity contribution in [1.82, 2.24) is 5.12 Å². The molecule has 2 rings (SSSR count). The van der Waals surface area contributed by atoms with E-state index in [0.29, 0.717) is 0 Å². The van der Waals surface area contributed by atoms with E-state index in [-0.39, 0.29) is 11.8 Å². The number of nitrogens with zero attached hydrogens (tertiary/aromatic N) is 2. The molecule has 0 N–H and O–H groups in total. The van der Waals surface area contributed by atoms with Crippen molar-refractivity contribution in [2.45, 2.75) is 12.7 Å². The Kier molecular flexibility index (Phi) is 2.57. The summed E-state index contributed by atoms with van der Waals surface area (Å²) in [5.41, 5.74) is 0.203. The van der Waals surface area contributed by atoms with Crippen LogP contribution in [-0.4, -0.2) is 16.0 Å². The molecule has 92 valence electrons. The van der Waals surface area contributed by atoms with Gasteiger partial charge < -0.3 is 0 Å². The first kappa shape index (κ1) is 11.8. The zero-order chi connectivity index (χ0) is 12.7. The summed E-state index contributed by atoms with van der Waals surface area (Å²) < 4.78 is 62.9. The summed E-state index contributed by atoms with van der Waals surface area (Å²) in [5.74, 6) is -1.94. The third kappa shape index (κ3) is 1.76. The molecule has 0 aromatic heterocycles. The Labute approximate surface area is 93.6 Å². The summed E-state index contributed by atoms with van der Waals surface area (Å²) >= 11 is 0. The standard InChI is InChI=1S/C10H8F5N2/c11-9-7-17(15,10(12,13)16(9)14)6-8-4-2-1-3-5-8/h1-5,7H,6H2/q+1. The van der Waals surface area contributed by atoms with Crippen LogP contribution >= 0.6 is 0 Å². The van der Waals surface area contributed by atoms with E-state index in [1.807, 2.05) is 0 Å². The maximum atomic E-state index is 13.9. The van der Waals surface area contributed by atoms with Gasteiger partial charge in [0.15, 0.2) is 12.7 Å². The van der Waals surface area contributed by atoms with Gasteiger partial charge in [-0.3, -0.25) is 0 Å². The zero-order valence-corrected chi connectivity index (χ0v) is 8.46. The number of hydrogen-bond acceptors (Lipinski definition) is 1. The fourth-order valence-electron chi connectivity index (χ4n) is 1.56. The highest BCUT2D eigenvalue weighted by Gasteiger charge is 2.68. The second kappa shape index (κ2) is 3.69. The smallest absolute Gasteiger partial charge is 0.178 e.